The fourth-order valence-corrected chi connectivity index (χ4v) is 3.36. The highest BCUT2D eigenvalue weighted by Gasteiger charge is 2.33. The number of ether oxygens (including phenoxy) is 1. The number of rotatable bonds is 17. The molecule has 1 heterocycles. The van der Waals surface area contributed by atoms with Crippen LogP contribution < -0.4 is 5.48 Å². The quantitative estimate of drug-likeness (QED) is 0.235. The van der Waals surface area contributed by atoms with Crippen LogP contribution in [0, 0.1) is 0 Å². The van der Waals surface area contributed by atoms with Crippen molar-refractivity contribution in [1.82, 2.24) is 5.48 Å². The molecule has 1 unspecified atom stereocenters. The number of aliphatic hydroxyl groups excluding tert-OH is 1. The highest BCUT2D eigenvalue weighted by atomic mass is 16.7. The Bertz CT molecular complexity index is 423. The Hall–Kier alpha value is -1.23. The summed E-state index contributed by atoms with van der Waals surface area (Å²) >= 11 is 0. The lowest BCUT2D eigenvalue weighted by Gasteiger charge is -2.12. The zero-order valence-electron chi connectivity index (χ0n) is 17.6. The lowest BCUT2D eigenvalue weighted by molar-refractivity contribution is -0.156. The van der Waals surface area contributed by atoms with E-state index in [4.69, 9.17) is 9.57 Å². The molecule has 0 spiro atoms. The van der Waals surface area contributed by atoms with Gasteiger partial charge in [0, 0.05) is 5.57 Å². The number of hydrogen-bond donors (Lipinski definition) is 2. The Balaban J connectivity index is 2.05. The van der Waals surface area contributed by atoms with Gasteiger partial charge in [0.05, 0.1) is 6.61 Å². The molecule has 0 saturated carbocycles. The van der Waals surface area contributed by atoms with E-state index in [1.54, 1.807) is 0 Å². The number of nitrogens with one attached hydrogen (secondary N) is 1. The zero-order chi connectivity index (χ0) is 19.7. The Morgan fingerprint density at radius 1 is 0.889 bits per heavy atom. The van der Waals surface area contributed by atoms with E-state index in [0.29, 0.717) is 18.6 Å². The van der Waals surface area contributed by atoms with Crippen molar-refractivity contribution in [3.05, 3.63) is 11.5 Å². The van der Waals surface area contributed by atoms with Crippen molar-refractivity contribution in [3.8, 4) is 0 Å². The molecule has 0 saturated heterocycles. The highest BCUT2D eigenvalue weighted by Crippen LogP contribution is 2.24. The second-order valence-electron chi connectivity index (χ2n) is 7.63. The van der Waals surface area contributed by atoms with Crippen LogP contribution in [0.2, 0.25) is 0 Å². The maximum absolute atomic E-state index is 12.1. The molecule has 0 amide bonds. The van der Waals surface area contributed by atoms with Gasteiger partial charge in [0.1, 0.15) is 0 Å². The monoisotopic (exact) mass is 383 g/mol. The number of carbonyl (C=O) groups excluding carboxylic acids is 1. The molecular formula is C22H41NO4. The topological polar surface area (TPSA) is 67.8 Å². The third-order valence-electron chi connectivity index (χ3n) is 5.15. The minimum Gasteiger partial charge on any atom is -0.493 e. The van der Waals surface area contributed by atoms with E-state index in [-0.39, 0.29) is 5.88 Å². The highest BCUT2D eigenvalue weighted by molar-refractivity contribution is 5.79. The van der Waals surface area contributed by atoms with Crippen molar-refractivity contribution in [1.29, 1.82) is 0 Å². The maximum Gasteiger partial charge on any atom is 0.342 e. The molecule has 0 aromatic heterocycles. The number of aliphatic hydroxyl groups is 1. The Morgan fingerprint density at radius 3 is 1.96 bits per heavy atom. The number of hydroxylamine groups is 1. The molecule has 1 atom stereocenters. The van der Waals surface area contributed by atoms with Gasteiger partial charge in [-0.05, 0) is 19.3 Å². The predicted octanol–water partition coefficient (Wildman–Crippen LogP) is 6.09. The van der Waals surface area contributed by atoms with Crippen LogP contribution in [0.3, 0.4) is 0 Å². The van der Waals surface area contributed by atoms with Crippen molar-refractivity contribution in [3.63, 3.8) is 0 Å². The van der Waals surface area contributed by atoms with Gasteiger partial charge in [-0.25, -0.2) is 10.3 Å². The first-order chi connectivity index (χ1) is 13.2. The molecule has 0 aromatic carbocycles. The molecule has 5 nitrogen and oxygen atoms in total. The molecule has 0 aromatic rings. The molecule has 2 N–H and O–H groups in total. The van der Waals surface area contributed by atoms with Gasteiger partial charge in [0.2, 0.25) is 12.0 Å². The Labute approximate surface area is 165 Å². The molecule has 1 aliphatic rings. The van der Waals surface area contributed by atoms with E-state index in [2.05, 4.69) is 12.4 Å². The summed E-state index contributed by atoms with van der Waals surface area (Å²) in [6, 6.07) is 0. The first-order valence-electron chi connectivity index (χ1n) is 11.2. The van der Waals surface area contributed by atoms with Gasteiger partial charge in [-0.2, -0.15) is 0 Å². The van der Waals surface area contributed by atoms with Gasteiger partial charge in [0.15, 0.2) is 0 Å². The lowest BCUT2D eigenvalue weighted by Crippen LogP contribution is -2.27. The van der Waals surface area contributed by atoms with Crippen LogP contribution in [0.25, 0.3) is 0 Å². The molecule has 0 radical (unpaired) electrons. The zero-order valence-corrected chi connectivity index (χ0v) is 17.6. The second kappa shape index (κ2) is 15.8. The first-order valence-corrected chi connectivity index (χ1v) is 11.2. The lowest BCUT2D eigenvalue weighted by atomic mass is 10.0. The number of esters is 1. The third kappa shape index (κ3) is 10.6. The molecular weight excluding hydrogens is 342 g/mol. The van der Waals surface area contributed by atoms with Gasteiger partial charge in [-0.15, -0.1) is 0 Å². The van der Waals surface area contributed by atoms with Crippen LogP contribution in [0.4, 0.5) is 0 Å². The van der Waals surface area contributed by atoms with Gasteiger partial charge < -0.3 is 9.84 Å². The summed E-state index contributed by atoms with van der Waals surface area (Å²) in [6.45, 7) is 4.71. The van der Waals surface area contributed by atoms with Crippen molar-refractivity contribution in [2.45, 2.75) is 116 Å². The minimum absolute atomic E-state index is 0.0180. The summed E-state index contributed by atoms with van der Waals surface area (Å²) in [7, 11) is 0. The SMILES string of the molecule is CCCCCCCCCCCCCCC1=C(O)NOC1C(=O)OCCCC. The summed E-state index contributed by atoms with van der Waals surface area (Å²) in [6.07, 6.45) is 17.2. The van der Waals surface area contributed by atoms with E-state index < -0.39 is 12.1 Å². The smallest absolute Gasteiger partial charge is 0.342 e. The number of unbranched alkanes of at least 4 members (excludes halogenated alkanes) is 12. The maximum atomic E-state index is 12.1. The fraction of sp³-hybridized carbons (Fsp3) is 0.864. The first kappa shape index (κ1) is 23.8. The van der Waals surface area contributed by atoms with Crippen LogP contribution in [0.1, 0.15) is 110 Å². The summed E-state index contributed by atoms with van der Waals surface area (Å²) in [4.78, 5) is 17.2. The van der Waals surface area contributed by atoms with Gasteiger partial charge >= 0.3 is 5.97 Å². The Morgan fingerprint density at radius 2 is 1.41 bits per heavy atom. The van der Waals surface area contributed by atoms with Crippen LogP contribution in [-0.2, 0) is 14.4 Å². The third-order valence-corrected chi connectivity index (χ3v) is 5.15. The van der Waals surface area contributed by atoms with Crippen molar-refractivity contribution in [2.24, 2.45) is 0 Å². The summed E-state index contributed by atoms with van der Waals surface area (Å²) in [5, 5.41) is 9.89. The minimum atomic E-state index is -0.797. The van der Waals surface area contributed by atoms with E-state index >= 15 is 0 Å². The summed E-state index contributed by atoms with van der Waals surface area (Å²) in [5.41, 5.74) is 3.05. The van der Waals surface area contributed by atoms with Crippen LogP contribution >= 0.6 is 0 Å². The average Bonchev–Trinajstić information content (AvgIpc) is 3.03. The van der Waals surface area contributed by atoms with Gasteiger partial charge in [-0.1, -0.05) is 90.9 Å². The average molecular weight is 384 g/mol. The van der Waals surface area contributed by atoms with Crippen molar-refractivity contribution < 1.29 is 19.5 Å². The molecule has 0 fully saturated rings. The molecule has 0 bridgehead atoms. The van der Waals surface area contributed by atoms with Crippen molar-refractivity contribution >= 4 is 5.97 Å². The number of carbonyl (C=O) groups is 1. The second-order valence-corrected chi connectivity index (χ2v) is 7.63. The van der Waals surface area contributed by atoms with Crippen LogP contribution in [-0.4, -0.2) is 23.8 Å². The van der Waals surface area contributed by atoms with Gasteiger partial charge in [0.25, 0.3) is 0 Å². The normalized spacial score (nSPS) is 16.6. The predicted molar refractivity (Wildman–Crippen MR) is 109 cm³/mol. The standard InChI is InChI=1S/C22H41NO4/c1-3-5-7-8-9-10-11-12-13-14-15-16-17-19-20(27-23-21(19)24)22(25)26-18-6-4-2/h20,23-24H,3-18H2,1-2H3. The Kier molecular flexibility index (Phi) is 13.9. The molecule has 1 rings (SSSR count). The van der Waals surface area contributed by atoms with E-state index in [9.17, 15) is 9.90 Å². The molecule has 27 heavy (non-hydrogen) atoms. The van der Waals surface area contributed by atoms with Crippen LogP contribution in [0.5, 0.6) is 0 Å². The van der Waals surface area contributed by atoms with E-state index in [1.165, 1.54) is 64.2 Å². The van der Waals surface area contributed by atoms with E-state index in [0.717, 1.165) is 25.7 Å². The summed E-state index contributed by atoms with van der Waals surface area (Å²) < 4.78 is 5.21. The van der Waals surface area contributed by atoms with Gasteiger partial charge in [-0.3, -0.25) is 4.84 Å². The molecule has 5 heteroatoms. The molecule has 0 aliphatic carbocycles. The fourth-order valence-electron chi connectivity index (χ4n) is 3.36. The number of hydrogen-bond acceptors (Lipinski definition) is 5. The van der Waals surface area contributed by atoms with Crippen molar-refractivity contribution in [2.75, 3.05) is 6.61 Å². The molecule has 1 aliphatic heterocycles. The largest absolute Gasteiger partial charge is 0.493 e. The molecule has 158 valence electrons. The van der Waals surface area contributed by atoms with Crippen LogP contribution in [0.15, 0.2) is 11.5 Å². The summed E-state index contributed by atoms with van der Waals surface area (Å²) in [5.74, 6) is -0.426. The van der Waals surface area contributed by atoms with E-state index in [1.807, 2.05) is 6.92 Å².